The summed E-state index contributed by atoms with van der Waals surface area (Å²) in [6, 6.07) is 15.7. The van der Waals surface area contributed by atoms with E-state index >= 15 is 0 Å². The van der Waals surface area contributed by atoms with Crippen molar-refractivity contribution >= 4 is 50.1 Å². The molecule has 0 unspecified atom stereocenters. The first kappa shape index (κ1) is 33.8. The molecule has 0 saturated carbocycles. The maximum Gasteiger partial charge on any atom is 0.337 e. The van der Waals surface area contributed by atoms with Gasteiger partial charge in [0, 0.05) is 5.70 Å². The third-order valence-corrected chi connectivity index (χ3v) is 7.77. The number of allylic oxidation sites excluding steroid dienone is 1. The number of rotatable bonds is 13. The standard InChI is InChI=1S/C32H34Br2N4O7/c1-5-43-26-14-22(29-28(31(40)42-4)19(3)36-32(41)37-29)9-10-25(26)44-17-27(39)38-35-15-21-12-23(33)30(24(34)13-21)45-16-20-8-6-7-18(2)11-20/h6-15,27,29,38-39H,5,16-17H2,1-4H3,(H2,36,37,41)/b35-15-/t27-,29+/m1/s1. The molecule has 3 aromatic rings. The van der Waals surface area contributed by atoms with E-state index in [9.17, 15) is 14.7 Å². The monoisotopic (exact) mass is 744 g/mol. The highest BCUT2D eigenvalue weighted by Gasteiger charge is 2.32. The fraction of sp³-hybridized carbons (Fsp3) is 0.281. The number of carbonyl (C=O) groups is 2. The van der Waals surface area contributed by atoms with Crippen LogP contribution < -0.4 is 30.3 Å². The molecule has 45 heavy (non-hydrogen) atoms. The van der Waals surface area contributed by atoms with Crippen molar-refractivity contribution in [2.75, 3.05) is 20.3 Å². The van der Waals surface area contributed by atoms with Crippen molar-refractivity contribution < 1.29 is 33.6 Å². The summed E-state index contributed by atoms with van der Waals surface area (Å²) in [5, 5.41) is 19.9. The number of halogens is 2. The summed E-state index contributed by atoms with van der Waals surface area (Å²) in [4.78, 5) is 24.6. The number of benzene rings is 3. The molecule has 0 aromatic heterocycles. The predicted molar refractivity (Wildman–Crippen MR) is 176 cm³/mol. The maximum atomic E-state index is 12.4. The van der Waals surface area contributed by atoms with Gasteiger partial charge in [-0.05, 0) is 93.6 Å². The lowest BCUT2D eigenvalue weighted by atomic mass is 9.95. The Labute approximate surface area is 278 Å². The summed E-state index contributed by atoms with van der Waals surface area (Å²) in [6.45, 7) is 6.10. The Morgan fingerprint density at radius 3 is 2.51 bits per heavy atom. The highest BCUT2D eigenvalue weighted by Crippen LogP contribution is 2.36. The van der Waals surface area contributed by atoms with Crippen molar-refractivity contribution in [3.05, 3.63) is 97.1 Å². The number of ether oxygens (including phenoxy) is 4. The van der Waals surface area contributed by atoms with Gasteiger partial charge in [0.1, 0.15) is 19.0 Å². The second-order valence-electron chi connectivity index (χ2n) is 10.0. The number of methoxy groups -OCH3 is 1. The zero-order chi connectivity index (χ0) is 32.5. The average Bonchev–Trinajstić information content (AvgIpc) is 2.99. The number of hydrogen-bond donors (Lipinski definition) is 4. The fourth-order valence-electron chi connectivity index (χ4n) is 4.57. The molecule has 11 nitrogen and oxygen atoms in total. The van der Waals surface area contributed by atoms with Crippen LogP contribution in [0.3, 0.4) is 0 Å². The summed E-state index contributed by atoms with van der Waals surface area (Å²) < 4.78 is 24.0. The number of aliphatic hydroxyl groups is 1. The smallest absolute Gasteiger partial charge is 0.337 e. The van der Waals surface area contributed by atoms with Gasteiger partial charge in [-0.15, -0.1) is 0 Å². The van der Waals surface area contributed by atoms with E-state index in [0.717, 1.165) is 20.1 Å². The van der Waals surface area contributed by atoms with Gasteiger partial charge in [-0.1, -0.05) is 35.9 Å². The van der Waals surface area contributed by atoms with Crippen LogP contribution >= 0.6 is 31.9 Å². The molecule has 1 aliphatic rings. The quantitative estimate of drug-likeness (QED) is 0.0766. The van der Waals surface area contributed by atoms with Crippen molar-refractivity contribution in [2.45, 2.75) is 39.6 Å². The molecule has 0 radical (unpaired) electrons. The molecule has 0 spiro atoms. The summed E-state index contributed by atoms with van der Waals surface area (Å²) in [5.74, 6) is 0.835. The number of aliphatic hydroxyl groups excluding tert-OH is 1. The first-order valence-electron chi connectivity index (χ1n) is 14.0. The summed E-state index contributed by atoms with van der Waals surface area (Å²) in [6.07, 6.45) is 0.421. The number of urea groups is 1. The molecular weight excluding hydrogens is 712 g/mol. The van der Waals surface area contributed by atoms with E-state index in [1.54, 1.807) is 31.3 Å². The number of aryl methyl sites for hydroxylation is 1. The molecule has 3 aromatic carbocycles. The van der Waals surface area contributed by atoms with Crippen LogP contribution in [0.2, 0.25) is 0 Å². The molecule has 0 bridgehead atoms. The Morgan fingerprint density at radius 2 is 1.82 bits per heavy atom. The Hall–Kier alpha value is -4.07. The third-order valence-electron chi connectivity index (χ3n) is 6.60. The minimum Gasteiger partial charge on any atom is -0.490 e. The summed E-state index contributed by atoms with van der Waals surface area (Å²) in [5.41, 5.74) is 6.89. The van der Waals surface area contributed by atoms with Crippen LogP contribution in [0.25, 0.3) is 0 Å². The molecular formula is C32H34Br2N4O7. The average molecular weight is 746 g/mol. The van der Waals surface area contributed by atoms with Crippen molar-refractivity contribution in [2.24, 2.45) is 5.10 Å². The molecule has 4 rings (SSSR count). The number of carbonyl (C=O) groups excluding carboxylic acids is 2. The molecule has 2 atom stereocenters. The summed E-state index contributed by atoms with van der Waals surface area (Å²) in [7, 11) is 1.28. The van der Waals surface area contributed by atoms with E-state index in [0.29, 0.717) is 41.7 Å². The lowest BCUT2D eigenvalue weighted by Crippen LogP contribution is -2.45. The van der Waals surface area contributed by atoms with Crippen LogP contribution in [0.1, 0.15) is 42.1 Å². The number of nitrogens with zero attached hydrogens (tertiary/aromatic N) is 1. The predicted octanol–water partition coefficient (Wildman–Crippen LogP) is 5.62. The number of hydrogen-bond acceptors (Lipinski definition) is 9. The highest BCUT2D eigenvalue weighted by molar-refractivity contribution is 9.11. The van der Waals surface area contributed by atoms with Crippen molar-refractivity contribution in [1.82, 2.24) is 16.1 Å². The van der Waals surface area contributed by atoms with Crippen molar-refractivity contribution in [3.8, 4) is 17.2 Å². The van der Waals surface area contributed by atoms with Gasteiger partial charge >= 0.3 is 12.0 Å². The number of nitrogens with one attached hydrogen (secondary N) is 3. The second kappa shape index (κ2) is 15.8. The Kier molecular flexibility index (Phi) is 11.9. The van der Waals surface area contributed by atoms with E-state index in [4.69, 9.17) is 18.9 Å². The first-order chi connectivity index (χ1) is 21.6. The van der Waals surface area contributed by atoms with Crippen LogP contribution in [0.4, 0.5) is 4.79 Å². The van der Waals surface area contributed by atoms with Crippen molar-refractivity contribution in [3.63, 3.8) is 0 Å². The van der Waals surface area contributed by atoms with Gasteiger partial charge in [0.05, 0.1) is 40.5 Å². The van der Waals surface area contributed by atoms with Crippen LogP contribution in [-0.2, 0) is 16.1 Å². The molecule has 0 saturated heterocycles. The van der Waals surface area contributed by atoms with Crippen LogP contribution in [-0.4, -0.2) is 49.9 Å². The van der Waals surface area contributed by atoms with Gasteiger partial charge in [0.25, 0.3) is 0 Å². The number of hydrazone groups is 1. The number of amides is 2. The Balaban J connectivity index is 1.37. The minimum absolute atomic E-state index is 0.146. The molecule has 0 aliphatic carbocycles. The largest absolute Gasteiger partial charge is 0.490 e. The molecule has 4 N–H and O–H groups in total. The van der Waals surface area contributed by atoms with Crippen LogP contribution in [0.15, 0.2) is 79.9 Å². The molecule has 1 heterocycles. The molecule has 238 valence electrons. The highest BCUT2D eigenvalue weighted by atomic mass is 79.9. The Morgan fingerprint density at radius 1 is 1.07 bits per heavy atom. The van der Waals surface area contributed by atoms with E-state index in [1.165, 1.54) is 12.7 Å². The second-order valence-corrected chi connectivity index (χ2v) is 11.7. The lowest BCUT2D eigenvalue weighted by Gasteiger charge is -2.28. The Bertz CT molecular complexity index is 1590. The number of esters is 1. The van der Waals surface area contributed by atoms with Crippen LogP contribution in [0, 0.1) is 6.92 Å². The molecule has 1 aliphatic heterocycles. The SMILES string of the molecule is CCOc1cc([C@@H]2NC(=O)NC(C)=C2C(=O)OC)ccc1OC[C@@H](O)N/N=C\c1cc(Br)c(OCc2cccc(C)c2)c(Br)c1. The molecule has 2 amide bonds. The van der Waals surface area contributed by atoms with Gasteiger partial charge in [0.2, 0.25) is 0 Å². The topological polar surface area (TPSA) is 140 Å². The van der Waals surface area contributed by atoms with Crippen molar-refractivity contribution in [1.29, 1.82) is 0 Å². The van der Waals surface area contributed by atoms with Crippen LogP contribution in [0.5, 0.6) is 17.2 Å². The zero-order valence-corrected chi connectivity index (χ0v) is 28.3. The van der Waals surface area contributed by atoms with E-state index in [-0.39, 0.29) is 12.2 Å². The van der Waals surface area contributed by atoms with E-state index < -0.39 is 24.3 Å². The summed E-state index contributed by atoms with van der Waals surface area (Å²) >= 11 is 7.12. The maximum absolute atomic E-state index is 12.4. The van der Waals surface area contributed by atoms with Gasteiger partial charge in [-0.2, -0.15) is 5.10 Å². The third kappa shape index (κ3) is 8.99. The van der Waals surface area contributed by atoms with E-state index in [2.05, 4.69) is 59.1 Å². The zero-order valence-electron chi connectivity index (χ0n) is 25.1. The first-order valence-corrected chi connectivity index (χ1v) is 15.6. The lowest BCUT2D eigenvalue weighted by molar-refractivity contribution is -0.136. The molecule has 0 fully saturated rings. The molecule has 13 heteroatoms. The van der Waals surface area contributed by atoms with Gasteiger partial charge in [0.15, 0.2) is 17.7 Å². The van der Waals surface area contributed by atoms with Gasteiger partial charge in [-0.3, -0.25) is 5.43 Å². The van der Waals surface area contributed by atoms with Gasteiger partial charge < -0.3 is 34.7 Å². The fourth-order valence-corrected chi connectivity index (χ4v) is 6.02. The van der Waals surface area contributed by atoms with E-state index in [1.807, 2.05) is 44.2 Å². The minimum atomic E-state index is -1.14. The van der Waals surface area contributed by atoms with Gasteiger partial charge in [-0.25, -0.2) is 9.59 Å². The normalized spacial score (nSPS) is 15.3.